The normalized spacial score (nSPS) is 11.6. The third-order valence-electron chi connectivity index (χ3n) is 5.99. The topological polar surface area (TPSA) is 12.9 Å². The van der Waals surface area contributed by atoms with Crippen molar-refractivity contribution in [1.82, 2.24) is 4.98 Å². The molecule has 0 aliphatic rings. The fraction of sp³-hybridized carbons (Fsp3) is 0.100. The van der Waals surface area contributed by atoms with Gasteiger partial charge in [-0.2, -0.15) is 0 Å². The Morgan fingerprint density at radius 1 is 0.531 bits per heavy atom. The summed E-state index contributed by atoms with van der Waals surface area (Å²) in [6.45, 7) is 7.27. The van der Waals surface area contributed by atoms with Crippen molar-refractivity contribution in [2.75, 3.05) is 0 Å². The first-order valence-electron chi connectivity index (χ1n) is 11.2. The number of hydrogen-bond acceptors (Lipinski definition) is 1. The van der Waals surface area contributed by atoms with E-state index in [1.807, 2.05) is 0 Å². The first kappa shape index (κ1) is 20.4. The van der Waals surface area contributed by atoms with Crippen molar-refractivity contribution in [3.8, 4) is 33.5 Å². The molecule has 1 aromatic heterocycles. The summed E-state index contributed by atoms with van der Waals surface area (Å²) in [5.74, 6) is 0. The standard InChI is InChI=1S/C30H27NSi/c1-32(2,3)29-21-28(25-17-10-16-24(20-25)22-12-6-4-7-13-22)31-27-19-11-18-26(30(27)29)23-14-8-5-9-15-23/h4-21H,1-3H3. The van der Waals surface area contributed by atoms with Crippen LogP contribution in [0.1, 0.15) is 0 Å². The summed E-state index contributed by atoms with van der Waals surface area (Å²) >= 11 is 0. The molecule has 0 spiro atoms. The maximum Gasteiger partial charge on any atom is 0.0786 e. The molecule has 1 nitrogen and oxygen atoms in total. The van der Waals surface area contributed by atoms with Crippen LogP contribution in [0.25, 0.3) is 44.4 Å². The molecule has 32 heavy (non-hydrogen) atoms. The zero-order valence-electron chi connectivity index (χ0n) is 18.8. The molecule has 5 aromatic rings. The predicted molar refractivity (Wildman–Crippen MR) is 141 cm³/mol. The molecular weight excluding hydrogens is 402 g/mol. The van der Waals surface area contributed by atoms with Gasteiger partial charge in [-0.05, 0) is 45.6 Å². The molecule has 0 saturated heterocycles. The zero-order valence-corrected chi connectivity index (χ0v) is 19.8. The first-order valence-corrected chi connectivity index (χ1v) is 14.7. The highest BCUT2D eigenvalue weighted by Gasteiger charge is 2.23. The lowest BCUT2D eigenvalue weighted by molar-refractivity contribution is 1.40. The average molecular weight is 430 g/mol. The molecule has 0 aliphatic heterocycles. The van der Waals surface area contributed by atoms with Gasteiger partial charge in [0, 0.05) is 10.9 Å². The van der Waals surface area contributed by atoms with Gasteiger partial charge in [-0.3, -0.25) is 0 Å². The molecule has 5 rings (SSSR count). The summed E-state index contributed by atoms with van der Waals surface area (Å²) in [4.78, 5) is 5.16. The van der Waals surface area contributed by atoms with E-state index in [-0.39, 0.29) is 0 Å². The van der Waals surface area contributed by atoms with E-state index in [2.05, 4.69) is 129 Å². The molecule has 0 radical (unpaired) electrons. The third kappa shape index (κ3) is 3.90. The van der Waals surface area contributed by atoms with Crippen molar-refractivity contribution >= 4 is 24.2 Å². The molecule has 4 aromatic carbocycles. The van der Waals surface area contributed by atoms with Crippen LogP contribution in [-0.2, 0) is 0 Å². The highest BCUT2D eigenvalue weighted by Crippen LogP contribution is 2.31. The Hall–Kier alpha value is -3.49. The second kappa shape index (κ2) is 8.21. The SMILES string of the molecule is C[Si](C)(C)c1cc(-c2cccc(-c3ccccc3)c2)nc2cccc(-c3ccccc3)c12. The largest absolute Gasteiger partial charge is 0.248 e. The summed E-state index contributed by atoms with van der Waals surface area (Å²) < 4.78 is 0. The summed E-state index contributed by atoms with van der Waals surface area (Å²) in [5.41, 5.74) is 8.27. The second-order valence-corrected chi connectivity index (χ2v) is 14.4. The Bertz CT molecular complexity index is 1380. The van der Waals surface area contributed by atoms with E-state index in [4.69, 9.17) is 4.98 Å². The number of rotatable bonds is 4. The van der Waals surface area contributed by atoms with Crippen LogP contribution in [0.3, 0.4) is 0 Å². The minimum atomic E-state index is -1.64. The number of fused-ring (bicyclic) bond motifs is 1. The van der Waals surface area contributed by atoms with E-state index in [1.54, 1.807) is 0 Å². The molecule has 0 atom stereocenters. The molecule has 0 fully saturated rings. The third-order valence-corrected chi connectivity index (χ3v) is 8.00. The van der Waals surface area contributed by atoms with Gasteiger partial charge in [-0.15, -0.1) is 0 Å². The maximum absolute atomic E-state index is 5.16. The first-order chi connectivity index (χ1) is 15.5. The van der Waals surface area contributed by atoms with Gasteiger partial charge in [0.05, 0.1) is 19.3 Å². The van der Waals surface area contributed by atoms with Gasteiger partial charge in [0.15, 0.2) is 0 Å². The second-order valence-electron chi connectivity index (χ2n) is 9.32. The fourth-order valence-corrected chi connectivity index (χ4v) is 5.96. The van der Waals surface area contributed by atoms with Gasteiger partial charge in [0.2, 0.25) is 0 Å². The number of nitrogens with zero attached hydrogens (tertiary/aromatic N) is 1. The van der Waals surface area contributed by atoms with Crippen LogP contribution < -0.4 is 5.19 Å². The Morgan fingerprint density at radius 2 is 1.12 bits per heavy atom. The highest BCUT2D eigenvalue weighted by molar-refractivity contribution is 6.90. The van der Waals surface area contributed by atoms with Crippen molar-refractivity contribution < 1.29 is 0 Å². The van der Waals surface area contributed by atoms with E-state index in [9.17, 15) is 0 Å². The van der Waals surface area contributed by atoms with Gasteiger partial charge in [-0.25, -0.2) is 4.98 Å². The highest BCUT2D eigenvalue weighted by atomic mass is 28.3. The minimum Gasteiger partial charge on any atom is -0.248 e. The maximum atomic E-state index is 5.16. The smallest absolute Gasteiger partial charge is 0.0786 e. The van der Waals surface area contributed by atoms with Crippen LogP contribution in [0, 0.1) is 0 Å². The summed E-state index contributed by atoms with van der Waals surface area (Å²) in [7, 11) is -1.64. The molecule has 0 bridgehead atoms. The van der Waals surface area contributed by atoms with Gasteiger partial charge in [0.1, 0.15) is 0 Å². The lowest BCUT2D eigenvalue weighted by Gasteiger charge is -2.22. The molecule has 0 aliphatic carbocycles. The van der Waals surface area contributed by atoms with Crippen LogP contribution in [0.2, 0.25) is 19.6 Å². The summed E-state index contributed by atoms with van der Waals surface area (Å²) in [5, 5.41) is 2.77. The molecule has 1 heterocycles. The van der Waals surface area contributed by atoms with E-state index in [1.165, 1.54) is 32.8 Å². The van der Waals surface area contributed by atoms with Crippen LogP contribution in [0.4, 0.5) is 0 Å². The molecule has 0 unspecified atom stereocenters. The van der Waals surface area contributed by atoms with E-state index < -0.39 is 8.07 Å². The average Bonchev–Trinajstić information content (AvgIpc) is 2.83. The van der Waals surface area contributed by atoms with E-state index in [0.717, 1.165) is 16.8 Å². The van der Waals surface area contributed by atoms with Gasteiger partial charge >= 0.3 is 0 Å². The lowest BCUT2D eigenvalue weighted by Crippen LogP contribution is -2.38. The Balaban J connectivity index is 1.74. The van der Waals surface area contributed by atoms with Gasteiger partial charge in [0.25, 0.3) is 0 Å². The van der Waals surface area contributed by atoms with Crippen molar-refractivity contribution in [2.45, 2.75) is 19.6 Å². The Kier molecular flexibility index (Phi) is 5.24. The number of hydrogen-bond donors (Lipinski definition) is 0. The van der Waals surface area contributed by atoms with Crippen LogP contribution in [0.15, 0.2) is 109 Å². The quantitative estimate of drug-likeness (QED) is 0.266. The van der Waals surface area contributed by atoms with Gasteiger partial charge < -0.3 is 0 Å². The van der Waals surface area contributed by atoms with Crippen molar-refractivity contribution in [3.05, 3.63) is 109 Å². The molecule has 2 heteroatoms. The Labute approximate surface area is 191 Å². The van der Waals surface area contributed by atoms with E-state index >= 15 is 0 Å². The Morgan fingerprint density at radius 3 is 1.81 bits per heavy atom. The number of pyridine rings is 1. The van der Waals surface area contributed by atoms with Crippen molar-refractivity contribution in [1.29, 1.82) is 0 Å². The van der Waals surface area contributed by atoms with Gasteiger partial charge in [-0.1, -0.05) is 111 Å². The predicted octanol–water partition coefficient (Wildman–Crippen LogP) is 7.78. The van der Waals surface area contributed by atoms with Crippen molar-refractivity contribution in [2.24, 2.45) is 0 Å². The molecular formula is C30H27NSi. The number of aromatic nitrogens is 1. The lowest BCUT2D eigenvalue weighted by atomic mass is 9.98. The molecule has 0 saturated carbocycles. The summed E-state index contributed by atoms with van der Waals surface area (Å²) in [6, 6.07) is 38.9. The van der Waals surface area contributed by atoms with Crippen LogP contribution in [0.5, 0.6) is 0 Å². The van der Waals surface area contributed by atoms with E-state index in [0.29, 0.717) is 0 Å². The van der Waals surface area contributed by atoms with Crippen LogP contribution >= 0.6 is 0 Å². The zero-order chi connectivity index (χ0) is 22.1. The number of benzene rings is 4. The van der Waals surface area contributed by atoms with Crippen molar-refractivity contribution in [3.63, 3.8) is 0 Å². The summed E-state index contributed by atoms with van der Waals surface area (Å²) in [6.07, 6.45) is 0. The molecule has 156 valence electrons. The monoisotopic (exact) mass is 429 g/mol. The van der Waals surface area contributed by atoms with Crippen LogP contribution in [-0.4, -0.2) is 13.1 Å². The molecule has 0 amide bonds. The molecule has 0 N–H and O–H groups in total. The fourth-order valence-electron chi connectivity index (χ4n) is 4.37. The minimum absolute atomic E-state index is 1.05.